The molecule has 102 valence electrons. The number of benzene rings is 1. The highest BCUT2D eigenvalue weighted by Crippen LogP contribution is 2.12. The van der Waals surface area contributed by atoms with Gasteiger partial charge in [-0.15, -0.1) is 0 Å². The maximum absolute atomic E-state index is 12.9. The molecule has 0 unspecified atom stereocenters. The van der Waals surface area contributed by atoms with Gasteiger partial charge in [-0.1, -0.05) is 28.1 Å². The second-order valence-corrected chi connectivity index (χ2v) is 4.76. The second kappa shape index (κ2) is 6.81. The topological polar surface area (TPSA) is 54.0 Å². The van der Waals surface area contributed by atoms with Crippen molar-refractivity contribution in [3.8, 4) is 0 Å². The third-order valence-electron chi connectivity index (χ3n) is 2.30. The van der Waals surface area contributed by atoms with Gasteiger partial charge in [-0.2, -0.15) is 0 Å². The van der Waals surface area contributed by atoms with Crippen molar-refractivity contribution in [2.75, 3.05) is 5.32 Å². The highest BCUT2D eigenvalue weighted by molar-refractivity contribution is 9.10. The Bertz CT molecular complexity index is 646. The Morgan fingerprint density at radius 2 is 2.15 bits per heavy atom. The van der Waals surface area contributed by atoms with Gasteiger partial charge < -0.3 is 5.32 Å². The van der Waals surface area contributed by atoms with E-state index in [1.54, 1.807) is 36.5 Å². The summed E-state index contributed by atoms with van der Waals surface area (Å²) in [7, 11) is 0. The number of pyridine rings is 1. The Morgan fingerprint density at radius 3 is 2.90 bits per heavy atom. The Balaban J connectivity index is 1.89. The number of anilines is 1. The minimum absolute atomic E-state index is 0.324. The maximum Gasteiger partial charge on any atom is 0.324 e. The van der Waals surface area contributed by atoms with E-state index in [0.717, 1.165) is 4.47 Å². The number of hydrogen-bond donors (Lipinski definition) is 2. The molecule has 1 aromatic carbocycles. The molecule has 0 saturated carbocycles. The first kappa shape index (κ1) is 14.2. The van der Waals surface area contributed by atoms with Gasteiger partial charge in [0.15, 0.2) is 0 Å². The van der Waals surface area contributed by atoms with Gasteiger partial charge >= 0.3 is 6.03 Å². The summed E-state index contributed by atoms with van der Waals surface area (Å²) in [4.78, 5) is 15.6. The molecule has 2 N–H and O–H groups in total. The molecule has 0 atom stereocenters. The number of nitrogens with zero attached hydrogens (tertiary/aromatic N) is 1. The summed E-state index contributed by atoms with van der Waals surface area (Å²) < 4.78 is 13.7. The third-order valence-corrected chi connectivity index (χ3v) is 2.80. The van der Waals surface area contributed by atoms with E-state index in [1.807, 2.05) is 0 Å². The first-order chi connectivity index (χ1) is 9.63. The number of hydrogen-bond acceptors (Lipinski definition) is 2. The zero-order valence-corrected chi connectivity index (χ0v) is 11.9. The number of rotatable bonds is 3. The quantitative estimate of drug-likeness (QED) is 0.896. The fourth-order valence-corrected chi connectivity index (χ4v) is 1.78. The number of halogens is 2. The van der Waals surface area contributed by atoms with E-state index < -0.39 is 6.03 Å². The van der Waals surface area contributed by atoms with Gasteiger partial charge in [0.25, 0.3) is 0 Å². The second-order valence-electron chi connectivity index (χ2n) is 3.85. The number of nitrogens with one attached hydrogen (secondary N) is 2. The van der Waals surface area contributed by atoms with Crippen molar-refractivity contribution >= 4 is 33.9 Å². The number of urea groups is 1. The highest BCUT2D eigenvalue weighted by Gasteiger charge is 2.00. The molecule has 20 heavy (non-hydrogen) atoms. The van der Waals surface area contributed by atoms with Crippen molar-refractivity contribution in [2.24, 2.45) is 0 Å². The number of carbonyl (C=O) groups excluding carboxylic acids is 1. The maximum atomic E-state index is 12.9. The molecule has 2 rings (SSSR count). The van der Waals surface area contributed by atoms with E-state index in [2.05, 4.69) is 31.5 Å². The summed E-state index contributed by atoms with van der Waals surface area (Å²) in [6.45, 7) is 0. The minimum Gasteiger partial charge on any atom is -0.314 e. The molecule has 0 bridgehead atoms. The lowest BCUT2D eigenvalue weighted by Gasteiger charge is -2.03. The molecular weight excluding hydrogens is 325 g/mol. The van der Waals surface area contributed by atoms with Gasteiger partial charge in [0.2, 0.25) is 0 Å². The van der Waals surface area contributed by atoms with Crippen LogP contribution in [-0.2, 0) is 0 Å². The van der Waals surface area contributed by atoms with Gasteiger partial charge in [-0.3, -0.25) is 5.32 Å². The van der Waals surface area contributed by atoms with E-state index in [4.69, 9.17) is 0 Å². The van der Waals surface area contributed by atoms with Crippen molar-refractivity contribution in [2.45, 2.75) is 0 Å². The lowest BCUT2D eigenvalue weighted by Crippen LogP contribution is -2.24. The normalized spacial score (nSPS) is 10.5. The fraction of sp³-hybridized carbons (Fsp3) is 0. The average molecular weight is 336 g/mol. The van der Waals surface area contributed by atoms with Crippen molar-refractivity contribution in [3.05, 3.63) is 64.6 Å². The molecule has 0 saturated heterocycles. The summed E-state index contributed by atoms with van der Waals surface area (Å²) >= 11 is 3.28. The smallest absolute Gasteiger partial charge is 0.314 e. The molecule has 0 radical (unpaired) electrons. The molecule has 1 aromatic heterocycles. The van der Waals surface area contributed by atoms with Crippen LogP contribution in [0.3, 0.4) is 0 Å². The molecule has 4 nitrogen and oxygen atoms in total. The lowest BCUT2D eigenvalue weighted by atomic mass is 10.2. The van der Waals surface area contributed by atoms with Gasteiger partial charge in [0.1, 0.15) is 11.6 Å². The van der Waals surface area contributed by atoms with Crippen LogP contribution in [-0.4, -0.2) is 11.0 Å². The van der Waals surface area contributed by atoms with Crippen molar-refractivity contribution in [3.63, 3.8) is 0 Å². The predicted molar refractivity (Wildman–Crippen MR) is 79.5 cm³/mol. The van der Waals surface area contributed by atoms with Crippen molar-refractivity contribution < 1.29 is 9.18 Å². The first-order valence-electron chi connectivity index (χ1n) is 5.75. The van der Waals surface area contributed by atoms with Crippen LogP contribution in [0.15, 0.2) is 53.3 Å². The Morgan fingerprint density at radius 1 is 1.30 bits per heavy atom. The van der Waals surface area contributed by atoms with E-state index in [9.17, 15) is 9.18 Å². The van der Waals surface area contributed by atoms with Gasteiger partial charge in [-0.25, -0.2) is 14.2 Å². The molecule has 6 heteroatoms. The van der Waals surface area contributed by atoms with Crippen LogP contribution in [0.25, 0.3) is 6.08 Å². The lowest BCUT2D eigenvalue weighted by molar-refractivity contribution is 0.255. The molecule has 2 amide bonds. The Hall–Kier alpha value is -2.21. The van der Waals surface area contributed by atoms with Gasteiger partial charge in [-0.05, 0) is 35.9 Å². The zero-order chi connectivity index (χ0) is 14.4. The molecule has 0 aliphatic rings. The largest absolute Gasteiger partial charge is 0.324 e. The van der Waals surface area contributed by atoms with E-state index >= 15 is 0 Å². The molecule has 0 fully saturated rings. The fourth-order valence-electron chi connectivity index (χ4n) is 1.45. The zero-order valence-electron chi connectivity index (χ0n) is 10.3. The van der Waals surface area contributed by atoms with Crippen LogP contribution in [0, 0.1) is 5.82 Å². The van der Waals surface area contributed by atoms with Crippen LogP contribution >= 0.6 is 15.9 Å². The van der Waals surface area contributed by atoms with Crippen molar-refractivity contribution in [1.29, 1.82) is 0 Å². The summed E-state index contributed by atoms with van der Waals surface area (Å²) in [6, 6.07) is 9.06. The van der Waals surface area contributed by atoms with Crippen LogP contribution in [0.5, 0.6) is 0 Å². The summed E-state index contributed by atoms with van der Waals surface area (Å²) in [5.74, 6) is 0.103. The molecule has 0 aliphatic carbocycles. The van der Waals surface area contributed by atoms with Crippen LogP contribution in [0.4, 0.5) is 15.0 Å². The van der Waals surface area contributed by atoms with E-state index in [-0.39, 0.29) is 5.82 Å². The average Bonchev–Trinajstić information content (AvgIpc) is 2.38. The molecule has 0 spiro atoms. The minimum atomic E-state index is -0.428. The molecule has 0 aliphatic heterocycles. The number of aromatic nitrogens is 1. The standard InChI is InChI=1S/C14H11BrFN3O/c15-11-5-7-17-13(9-11)19-14(20)18-6-4-10-2-1-3-12(16)8-10/h1-9H,(H2,17,18,19,20)/b6-4+. The van der Waals surface area contributed by atoms with Gasteiger partial charge in [0, 0.05) is 16.9 Å². The number of carbonyl (C=O) groups is 1. The van der Waals surface area contributed by atoms with E-state index in [1.165, 1.54) is 18.3 Å². The van der Waals surface area contributed by atoms with Crippen LogP contribution in [0.2, 0.25) is 0 Å². The highest BCUT2D eigenvalue weighted by atomic mass is 79.9. The van der Waals surface area contributed by atoms with E-state index in [0.29, 0.717) is 11.4 Å². The summed E-state index contributed by atoms with van der Waals surface area (Å²) in [5.41, 5.74) is 0.658. The Labute approximate surface area is 123 Å². The molecule has 2 aromatic rings. The third kappa shape index (κ3) is 4.47. The Kier molecular flexibility index (Phi) is 4.84. The number of amides is 2. The van der Waals surface area contributed by atoms with Crippen LogP contribution < -0.4 is 10.6 Å². The SMILES string of the molecule is O=C(N/C=C/c1cccc(F)c1)Nc1cc(Br)ccn1. The van der Waals surface area contributed by atoms with Crippen LogP contribution in [0.1, 0.15) is 5.56 Å². The van der Waals surface area contributed by atoms with Crippen molar-refractivity contribution in [1.82, 2.24) is 10.3 Å². The predicted octanol–water partition coefficient (Wildman–Crippen LogP) is 3.78. The summed E-state index contributed by atoms with van der Waals surface area (Å²) in [5, 5.41) is 5.07. The van der Waals surface area contributed by atoms with Gasteiger partial charge in [0.05, 0.1) is 0 Å². The molecule has 1 heterocycles. The molecular formula is C14H11BrFN3O. The summed E-state index contributed by atoms with van der Waals surface area (Å²) in [6.07, 6.45) is 4.60. The monoisotopic (exact) mass is 335 g/mol. The first-order valence-corrected chi connectivity index (χ1v) is 6.54.